The highest BCUT2D eigenvalue weighted by atomic mass is 35.5. The Labute approximate surface area is 181 Å². The Morgan fingerprint density at radius 3 is 2.63 bits per heavy atom. The first-order valence-electron chi connectivity index (χ1n) is 10.2. The Hall–Kier alpha value is -2.28. The summed E-state index contributed by atoms with van der Waals surface area (Å²) in [6.45, 7) is 3.02. The number of piperidine rings is 1. The summed E-state index contributed by atoms with van der Waals surface area (Å²) in [6, 6.07) is 12.8. The Morgan fingerprint density at radius 2 is 1.90 bits per heavy atom. The average Bonchev–Trinajstić information content (AvgIpc) is 3.33. The first kappa shape index (κ1) is 21.0. The number of nitrogens with zero attached hydrogens (tertiary/aromatic N) is 1. The Balaban J connectivity index is 1.42. The number of hydrogen-bond donors (Lipinski definition) is 0. The fourth-order valence-corrected chi connectivity index (χ4v) is 4.04. The van der Waals surface area contributed by atoms with Crippen molar-refractivity contribution >= 4 is 17.5 Å². The summed E-state index contributed by atoms with van der Waals surface area (Å²) in [5.41, 5.74) is 1.58. The number of benzene rings is 2. The smallest absolute Gasteiger partial charge is 0.254 e. The predicted molar refractivity (Wildman–Crippen MR) is 113 cm³/mol. The molecule has 0 spiro atoms. The molecule has 1 amide bonds. The minimum Gasteiger partial charge on any atom is -0.493 e. The number of likely N-dealkylation sites (tertiary alicyclic amines) is 1. The van der Waals surface area contributed by atoms with E-state index in [0.29, 0.717) is 48.5 Å². The maximum atomic E-state index is 13.1. The molecular weight excluding hydrogens is 406 g/mol. The van der Waals surface area contributed by atoms with E-state index in [1.807, 2.05) is 29.2 Å². The number of rotatable bonds is 6. The second-order valence-corrected chi connectivity index (χ2v) is 7.98. The Kier molecular flexibility index (Phi) is 6.77. The van der Waals surface area contributed by atoms with Crippen molar-refractivity contribution in [3.8, 4) is 11.5 Å². The van der Waals surface area contributed by atoms with Gasteiger partial charge in [0.15, 0.2) is 17.8 Å². The quantitative estimate of drug-likeness (QED) is 0.687. The van der Waals surface area contributed by atoms with Crippen molar-refractivity contribution in [3.63, 3.8) is 0 Å². The van der Waals surface area contributed by atoms with E-state index < -0.39 is 0 Å². The lowest BCUT2D eigenvalue weighted by Crippen LogP contribution is -2.43. The van der Waals surface area contributed by atoms with Gasteiger partial charge in [0.1, 0.15) is 6.61 Å². The lowest BCUT2D eigenvalue weighted by Gasteiger charge is -2.34. The van der Waals surface area contributed by atoms with E-state index in [1.54, 1.807) is 25.3 Å². The van der Waals surface area contributed by atoms with Gasteiger partial charge in [-0.3, -0.25) is 4.79 Å². The molecule has 2 aliphatic rings. The van der Waals surface area contributed by atoms with Crippen LogP contribution in [-0.4, -0.2) is 50.5 Å². The fourth-order valence-electron chi connectivity index (χ4n) is 3.91. The van der Waals surface area contributed by atoms with Crippen LogP contribution in [0.3, 0.4) is 0 Å². The third-order valence-corrected chi connectivity index (χ3v) is 5.75. The zero-order chi connectivity index (χ0) is 20.9. The van der Waals surface area contributed by atoms with Crippen molar-refractivity contribution in [1.82, 2.24) is 4.90 Å². The van der Waals surface area contributed by atoms with Gasteiger partial charge in [0, 0.05) is 29.6 Å². The maximum absolute atomic E-state index is 13.1. The summed E-state index contributed by atoms with van der Waals surface area (Å²) < 4.78 is 22.7. The fraction of sp³-hybridized carbons (Fsp3) is 0.435. The van der Waals surface area contributed by atoms with Crippen molar-refractivity contribution in [2.45, 2.75) is 25.7 Å². The highest BCUT2D eigenvalue weighted by Crippen LogP contribution is 2.31. The molecule has 1 unspecified atom stereocenters. The van der Waals surface area contributed by atoms with E-state index in [9.17, 15) is 4.79 Å². The van der Waals surface area contributed by atoms with E-state index in [1.165, 1.54) is 0 Å². The zero-order valence-electron chi connectivity index (χ0n) is 17.0. The largest absolute Gasteiger partial charge is 0.493 e. The second kappa shape index (κ2) is 9.69. The second-order valence-electron chi connectivity index (χ2n) is 7.54. The molecule has 160 valence electrons. The standard InChI is InChI=1S/C23H26ClNO5/c1-27-21-13-17(6-9-20(21)30-15-16-4-7-19(24)8-5-16)22(26)25-10-2-3-18(14-25)23-28-11-12-29-23/h4-9,13,18,23H,2-3,10-12,14-15H2,1H3. The molecule has 2 heterocycles. The molecule has 2 aromatic rings. The molecule has 6 nitrogen and oxygen atoms in total. The van der Waals surface area contributed by atoms with Crippen LogP contribution in [0.15, 0.2) is 42.5 Å². The van der Waals surface area contributed by atoms with E-state index in [4.69, 9.17) is 30.5 Å². The van der Waals surface area contributed by atoms with Gasteiger partial charge in [-0.15, -0.1) is 0 Å². The monoisotopic (exact) mass is 431 g/mol. The lowest BCUT2D eigenvalue weighted by atomic mass is 9.96. The minimum atomic E-state index is -0.196. The highest BCUT2D eigenvalue weighted by molar-refractivity contribution is 6.30. The molecule has 2 aromatic carbocycles. The summed E-state index contributed by atoms with van der Waals surface area (Å²) in [6.07, 6.45) is 1.76. The minimum absolute atomic E-state index is 0.0137. The topological polar surface area (TPSA) is 57.2 Å². The van der Waals surface area contributed by atoms with Crippen molar-refractivity contribution in [2.24, 2.45) is 5.92 Å². The number of hydrogen-bond acceptors (Lipinski definition) is 5. The maximum Gasteiger partial charge on any atom is 0.254 e. The van der Waals surface area contributed by atoms with Crippen molar-refractivity contribution in [2.75, 3.05) is 33.4 Å². The number of methoxy groups -OCH3 is 1. The SMILES string of the molecule is COc1cc(C(=O)N2CCCC(C3OCCO3)C2)ccc1OCc1ccc(Cl)cc1. The van der Waals surface area contributed by atoms with Gasteiger partial charge >= 0.3 is 0 Å². The molecule has 0 saturated carbocycles. The van der Waals surface area contributed by atoms with Crippen LogP contribution >= 0.6 is 11.6 Å². The molecule has 0 aromatic heterocycles. The molecule has 0 radical (unpaired) electrons. The summed E-state index contributed by atoms with van der Waals surface area (Å²) in [5.74, 6) is 1.33. The normalized spacial score (nSPS) is 19.7. The van der Waals surface area contributed by atoms with Crippen LogP contribution < -0.4 is 9.47 Å². The van der Waals surface area contributed by atoms with Crippen molar-refractivity contribution in [1.29, 1.82) is 0 Å². The van der Waals surface area contributed by atoms with Crippen molar-refractivity contribution in [3.05, 3.63) is 58.6 Å². The zero-order valence-corrected chi connectivity index (χ0v) is 17.8. The summed E-state index contributed by atoms with van der Waals surface area (Å²) in [4.78, 5) is 15.0. The number of amides is 1. The molecule has 0 N–H and O–H groups in total. The van der Waals surface area contributed by atoms with Gasteiger partial charge in [-0.05, 0) is 48.7 Å². The summed E-state index contributed by atoms with van der Waals surface area (Å²) in [7, 11) is 1.57. The van der Waals surface area contributed by atoms with Gasteiger partial charge in [-0.2, -0.15) is 0 Å². The molecular formula is C23H26ClNO5. The van der Waals surface area contributed by atoms with Gasteiger partial charge in [0.25, 0.3) is 5.91 Å². The molecule has 30 heavy (non-hydrogen) atoms. The van der Waals surface area contributed by atoms with E-state index in [2.05, 4.69) is 0 Å². The molecule has 2 fully saturated rings. The predicted octanol–water partition coefficient (Wildman–Crippen LogP) is 4.15. The number of carbonyl (C=O) groups excluding carboxylic acids is 1. The highest BCUT2D eigenvalue weighted by Gasteiger charge is 2.33. The summed E-state index contributed by atoms with van der Waals surface area (Å²) >= 11 is 5.92. The number of halogens is 1. The first-order chi connectivity index (χ1) is 14.6. The average molecular weight is 432 g/mol. The van der Waals surface area contributed by atoms with Gasteiger partial charge in [0.05, 0.1) is 20.3 Å². The van der Waals surface area contributed by atoms with Gasteiger partial charge in [-0.1, -0.05) is 23.7 Å². The molecule has 0 bridgehead atoms. The third-order valence-electron chi connectivity index (χ3n) is 5.50. The number of ether oxygens (including phenoxy) is 4. The van der Waals surface area contributed by atoms with E-state index in [-0.39, 0.29) is 18.1 Å². The van der Waals surface area contributed by atoms with Crippen LogP contribution in [0.25, 0.3) is 0 Å². The van der Waals surface area contributed by atoms with Gasteiger partial charge in [-0.25, -0.2) is 0 Å². The van der Waals surface area contributed by atoms with Crippen LogP contribution in [-0.2, 0) is 16.1 Å². The summed E-state index contributed by atoms with van der Waals surface area (Å²) in [5, 5.41) is 0.685. The van der Waals surface area contributed by atoms with Crippen LogP contribution in [0, 0.1) is 5.92 Å². The van der Waals surface area contributed by atoms with Crippen LogP contribution in [0.5, 0.6) is 11.5 Å². The van der Waals surface area contributed by atoms with Crippen LogP contribution in [0.2, 0.25) is 5.02 Å². The molecule has 0 aliphatic carbocycles. The first-order valence-corrected chi connectivity index (χ1v) is 10.6. The van der Waals surface area contributed by atoms with Crippen LogP contribution in [0.1, 0.15) is 28.8 Å². The lowest BCUT2D eigenvalue weighted by molar-refractivity contribution is -0.0969. The van der Waals surface area contributed by atoms with Crippen molar-refractivity contribution < 1.29 is 23.7 Å². The van der Waals surface area contributed by atoms with E-state index >= 15 is 0 Å². The third kappa shape index (κ3) is 4.89. The Bertz CT molecular complexity index is 866. The molecule has 2 aliphatic heterocycles. The van der Waals surface area contributed by atoms with Crippen LogP contribution in [0.4, 0.5) is 0 Å². The number of carbonyl (C=O) groups is 1. The van der Waals surface area contributed by atoms with Gasteiger partial charge in [0.2, 0.25) is 0 Å². The molecule has 7 heteroatoms. The molecule has 4 rings (SSSR count). The van der Waals surface area contributed by atoms with E-state index in [0.717, 1.165) is 24.9 Å². The Morgan fingerprint density at radius 1 is 1.13 bits per heavy atom. The molecule has 2 saturated heterocycles. The molecule has 1 atom stereocenters. The van der Waals surface area contributed by atoms with Gasteiger partial charge < -0.3 is 23.8 Å².